The Labute approximate surface area is 118 Å². The molecule has 0 unspecified atom stereocenters. The molecule has 0 amide bonds. The molecule has 1 aromatic carbocycles. The number of hydrogen-bond donors (Lipinski definition) is 1. The summed E-state index contributed by atoms with van der Waals surface area (Å²) in [5.41, 5.74) is -2.29. The Bertz CT molecular complexity index is 515. The van der Waals surface area contributed by atoms with Crippen molar-refractivity contribution in [2.24, 2.45) is 0 Å². The van der Waals surface area contributed by atoms with E-state index in [1.54, 1.807) is 0 Å². The molecule has 0 aliphatic heterocycles. The topological polar surface area (TPSA) is 29.1 Å². The molecular formula is C13H12ClF4NO. The summed E-state index contributed by atoms with van der Waals surface area (Å²) in [5, 5.41) is 0.899. The Morgan fingerprint density at radius 3 is 1.90 bits per heavy atom. The van der Waals surface area contributed by atoms with Crippen molar-refractivity contribution in [1.29, 1.82) is 0 Å². The molecule has 1 saturated carbocycles. The SMILES string of the molecule is O=C(Cl)c1c(F)c(F)c(NC2CCCCC2)c(F)c1F. The molecule has 2 rings (SSSR count). The van der Waals surface area contributed by atoms with Crippen LogP contribution < -0.4 is 5.32 Å². The second kappa shape index (κ2) is 5.99. The second-order valence-electron chi connectivity index (χ2n) is 4.76. The van der Waals surface area contributed by atoms with Gasteiger partial charge in [0.25, 0.3) is 5.24 Å². The van der Waals surface area contributed by atoms with Crippen LogP contribution in [-0.2, 0) is 0 Å². The fourth-order valence-electron chi connectivity index (χ4n) is 2.38. The van der Waals surface area contributed by atoms with Crippen LogP contribution in [0.15, 0.2) is 0 Å². The molecule has 0 bridgehead atoms. The Balaban J connectivity index is 2.41. The summed E-state index contributed by atoms with van der Waals surface area (Å²) in [4.78, 5) is 10.8. The van der Waals surface area contributed by atoms with Gasteiger partial charge in [0.15, 0.2) is 23.3 Å². The van der Waals surface area contributed by atoms with Gasteiger partial charge in [0.05, 0.1) is 0 Å². The Morgan fingerprint density at radius 2 is 1.45 bits per heavy atom. The van der Waals surface area contributed by atoms with Gasteiger partial charge >= 0.3 is 0 Å². The van der Waals surface area contributed by atoms with Crippen molar-refractivity contribution in [3.8, 4) is 0 Å². The molecule has 0 spiro atoms. The third kappa shape index (κ3) is 2.75. The lowest BCUT2D eigenvalue weighted by Gasteiger charge is -2.24. The van der Waals surface area contributed by atoms with Gasteiger partial charge in [-0.15, -0.1) is 0 Å². The van der Waals surface area contributed by atoms with Gasteiger partial charge in [-0.1, -0.05) is 19.3 Å². The van der Waals surface area contributed by atoms with E-state index >= 15 is 0 Å². The van der Waals surface area contributed by atoms with Crippen molar-refractivity contribution in [3.63, 3.8) is 0 Å². The summed E-state index contributed by atoms with van der Waals surface area (Å²) in [5.74, 6) is -6.80. The minimum absolute atomic E-state index is 0.246. The normalized spacial score (nSPS) is 16.2. The van der Waals surface area contributed by atoms with Crippen LogP contribution in [0.2, 0.25) is 0 Å². The zero-order valence-electron chi connectivity index (χ0n) is 10.4. The lowest BCUT2D eigenvalue weighted by molar-refractivity contribution is 0.107. The molecule has 1 aliphatic carbocycles. The number of rotatable bonds is 3. The fourth-order valence-corrected chi connectivity index (χ4v) is 2.55. The predicted molar refractivity (Wildman–Crippen MR) is 67.0 cm³/mol. The number of nitrogens with one attached hydrogen (secondary N) is 1. The molecule has 110 valence electrons. The Kier molecular flexibility index (Phi) is 4.52. The predicted octanol–water partition coefficient (Wildman–Crippen LogP) is 4.37. The number of benzene rings is 1. The standard InChI is InChI=1S/C13H12ClF4NO/c14-13(20)7-8(15)10(17)12(11(18)9(7)16)19-6-4-2-1-3-5-6/h6,19H,1-5H2. The van der Waals surface area contributed by atoms with Crippen molar-refractivity contribution < 1.29 is 22.4 Å². The van der Waals surface area contributed by atoms with Crippen LogP contribution in [0.25, 0.3) is 0 Å². The molecule has 0 heterocycles. The van der Waals surface area contributed by atoms with Gasteiger partial charge in [0.1, 0.15) is 11.3 Å². The largest absolute Gasteiger partial charge is 0.377 e. The maximum Gasteiger partial charge on any atom is 0.258 e. The minimum atomic E-state index is -1.78. The average molecular weight is 310 g/mol. The molecule has 2 nitrogen and oxygen atoms in total. The van der Waals surface area contributed by atoms with Crippen LogP contribution >= 0.6 is 11.6 Å². The van der Waals surface area contributed by atoms with E-state index in [0.717, 1.165) is 19.3 Å². The number of hydrogen-bond acceptors (Lipinski definition) is 2. The average Bonchev–Trinajstić information content (AvgIpc) is 2.42. The van der Waals surface area contributed by atoms with Gasteiger partial charge in [-0.2, -0.15) is 0 Å². The first-order valence-electron chi connectivity index (χ1n) is 6.25. The highest BCUT2D eigenvalue weighted by molar-refractivity contribution is 6.67. The lowest BCUT2D eigenvalue weighted by Crippen LogP contribution is -2.24. The quantitative estimate of drug-likeness (QED) is 0.510. The molecule has 1 aliphatic rings. The molecule has 1 aromatic rings. The van der Waals surface area contributed by atoms with Gasteiger partial charge in [-0.3, -0.25) is 4.79 Å². The third-order valence-electron chi connectivity index (χ3n) is 3.41. The zero-order chi connectivity index (χ0) is 14.9. The highest BCUT2D eigenvalue weighted by atomic mass is 35.5. The zero-order valence-corrected chi connectivity index (χ0v) is 11.2. The minimum Gasteiger partial charge on any atom is -0.377 e. The van der Waals surface area contributed by atoms with E-state index in [0.29, 0.717) is 12.8 Å². The van der Waals surface area contributed by atoms with Crippen molar-refractivity contribution in [3.05, 3.63) is 28.8 Å². The maximum atomic E-state index is 13.8. The summed E-state index contributed by atoms with van der Waals surface area (Å²) < 4.78 is 54.7. The van der Waals surface area contributed by atoms with E-state index in [-0.39, 0.29) is 6.04 Å². The van der Waals surface area contributed by atoms with Crippen LogP contribution in [0.1, 0.15) is 42.5 Å². The maximum absolute atomic E-state index is 13.8. The third-order valence-corrected chi connectivity index (χ3v) is 3.60. The first kappa shape index (κ1) is 15.1. The van der Waals surface area contributed by atoms with Gasteiger partial charge < -0.3 is 5.32 Å². The van der Waals surface area contributed by atoms with Crippen LogP contribution in [0.4, 0.5) is 23.2 Å². The van der Waals surface area contributed by atoms with Crippen molar-refractivity contribution in [2.75, 3.05) is 5.32 Å². The van der Waals surface area contributed by atoms with Gasteiger partial charge in [0.2, 0.25) is 0 Å². The van der Waals surface area contributed by atoms with Crippen LogP contribution in [-0.4, -0.2) is 11.3 Å². The number of anilines is 1. The molecule has 0 atom stereocenters. The van der Waals surface area contributed by atoms with E-state index in [2.05, 4.69) is 5.32 Å². The molecule has 20 heavy (non-hydrogen) atoms. The molecule has 0 radical (unpaired) electrons. The van der Waals surface area contributed by atoms with Crippen LogP contribution in [0.5, 0.6) is 0 Å². The van der Waals surface area contributed by atoms with E-state index in [9.17, 15) is 22.4 Å². The highest BCUT2D eigenvalue weighted by Crippen LogP contribution is 2.31. The number of halogens is 5. The number of carbonyl (C=O) groups excluding carboxylic acids is 1. The summed E-state index contributed by atoms with van der Waals surface area (Å²) in [6, 6.07) is -0.246. The molecule has 0 aromatic heterocycles. The fraction of sp³-hybridized carbons (Fsp3) is 0.462. The molecule has 1 N–H and O–H groups in total. The smallest absolute Gasteiger partial charge is 0.258 e. The summed E-state index contributed by atoms with van der Waals surface area (Å²) in [6.45, 7) is 0. The second-order valence-corrected chi connectivity index (χ2v) is 5.10. The summed E-state index contributed by atoms with van der Waals surface area (Å²) in [6.07, 6.45) is 4.11. The van der Waals surface area contributed by atoms with Crippen LogP contribution in [0.3, 0.4) is 0 Å². The molecule has 1 fully saturated rings. The van der Waals surface area contributed by atoms with Crippen molar-refractivity contribution >= 4 is 22.5 Å². The molecule has 0 saturated heterocycles. The molecular weight excluding hydrogens is 298 g/mol. The van der Waals surface area contributed by atoms with Crippen molar-refractivity contribution in [1.82, 2.24) is 0 Å². The first-order chi connectivity index (χ1) is 9.43. The lowest BCUT2D eigenvalue weighted by atomic mass is 9.95. The first-order valence-corrected chi connectivity index (χ1v) is 6.63. The van der Waals surface area contributed by atoms with Crippen LogP contribution in [0, 0.1) is 23.3 Å². The highest BCUT2D eigenvalue weighted by Gasteiger charge is 2.29. The summed E-state index contributed by atoms with van der Waals surface area (Å²) in [7, 11) is 0. The van der Waals surface area contributed by atoms with E-state index in [1.165, 1.54) is 0 Å². The van der Waals surface area contributed by atoms with Gasteiger partial charge in [-0.25, -0.2) is 17.6 Å². The van der Waals surface area contributed by atoms with E-state index in [1.807, 2.05) is 0 Å². The van der Waals surface area contributed by atoms with Gasteiger partial charge in [0, 0.05) is 6.04 Å². The number of carbonyl (C=O) groups is 1. The van der Waals surface area contributed by atoms with Gasteiger partial charge in [-0.05, 0) is 24.4 Å². The van der Waals surface area contributed by atoms with E-state index in [4.69, 9.17) is 11.6 Å². The monoisotopic (exact) mass is 309 g/mol. The summed E-state index contributed by atoms with van der Waals surface area (Å²) >= 11 is 4.93. The molecule has 7 heteroatoms. The Hall–Kier alpha value is -1.30. The van der Waals surface area contributed by atoms with E-state index < -0.39 is 39.8 Å². The Morgan fingerprint density at radius 1 is 0.950 bits per heavy atom. The van der Waals surface area contributed by atoms with Crippen molar-refractivity contribution in [2.45, 2.75) is 38.1 Å².